The molecule has 154 valence electrons. The number of benzene rings is 2. The molecule has 0 unspecified atom stereocenters. The number of ketones is 1. The highest BCUT2D eigenvalue weighted by molar-refractivity contribution is 6.30. The van der Waals surface area contributed by atoms with Gasteiger partial charge in [-0.05, 0) is 49.6 Å². The van der Waals surface area contributed by atoms with Gasteiger partial charge in [0.1, 0.15) is 0 Å². The van der Waals surface area contributed by atoms with Crippen molar-refractivity contribution in [2.24, 2.45) is 0 Å². The number of hydrogen-bond donors (Lipinski definition) is 1. The van der Waals surface area contributed by atoms with Crippen molar-refractivity contribution < 1.29 is 14.8 Å². The number of carbonyl (C=O) groups excluding carboxylic acids is 1. The van der Waals surface area contributed by atoms with E-state index in [1.165, 1.54) is 12.1 Å². The molecule has 1 aliphatic rings. The predicted octanol–water partition coefficient (Wildman–Crippen LogP) is 4.28. The third kappa shape index (κ3) is 5.85. The molecule has 7 heteroatoms. The molecule has 0 aliphatic carbocycles. The molecule has 1 saturated heterocycles. The maximum atomic E-state index is 12.4. The van der Waals surface area contributed by atoms with Crippen LogP contribution in [0.1, 0.15) is 41.6 Å². The summed E-state index contributed by atoms with van der Waals surface area (Å²) in [5.41, 5.74) is 0.391. The zero-order valence-corrected chi connectivity index (χ0v) is 17.0. The molecule has 1 aliphatic heterocycles. The molecule has 6 nitrogen and oxygen atoms in total. The lowest BCUT2D eigenvalue weighted by molar-refractivity contribution is -0.385. The minimum atomic E-state index is -0.717. The van der Waals surface area contributed by atoms with Gasteiger partial charge in [0.2, 0.25) is 0 Å². The minimum absolute atomic E-state index is 0.136. The second-order valence-electron chi connectivity index (χ2n) is 7.67. The number of rotatable bonds is 8. The van der Waals surface area contributed by atoms with Gasteiger partial charge in [-0.1, -0.05) is 35.9 Å². The summed E-state index contributed by atoms with van der Waals surface area (Å²) in [5.74, 6) is -0.200. The van der Waals surface area contributed by atoms with Gasteiger partial charge in [-0.15, -0.1) is 0 Å². The van der Waals surface area contributed by atoms with Crippen molar-refractivity contribution >= 4 is 23.1 Å². The highest BCUT2D eigenvalue weighted by Gasteiger charge is 2.32. The molecular weight excluding hydrogens is 392 g/mol. The van der Waals surface area contributed by atoms with Crippen LogP contribution in [-0.4, -0.2) is 45.9 Å². The number of para-hydroxylation sites is 1. The second kappa shape index (κ2) is 9.48. The van der Waals surface area contributed by atoms with E-state index in [4.69, 9.17) is 11.6 Å². The van der Waals surface area contributed by atoms with Crippen LogP contribution < -0.4 is 0 Å². The van der Waals surface area contributed by atoms with E-state index in [0.29, 0.717) is 30.7 Å². The maximum absolute atomic E-state index is 12.4. The fraction of sp³-hybridized carbons (Fsp3) is 0.409. The molecule has 1 N–H and O–H groups in total. The molecule has 0 saturated carbocycles. The summed E-state index contributed by atoms with van der Waals surface area (Å²) >= 11 is 5.92. The van der Waals surface area contributed by atoms with Crippen molar-refractivity contribution in [2.45, 2.75) is 37.7 Å². The number of aliphatic hydroxyl groups is 1. The minimum Gasteiger partial charge on any atom is -0.389 e. The summed E-state index contributed by atoms with van der Waals surface area (Å²) < 4.78 is 0. The number of Topliss-reactive ketones (excluding diaryl/α,β-unsaturated/α-hetero) is 1. The number of nitro benzene ring substituents is 1. The predicted molar refractivity (Wildman–Crippen MR) is 112 cm³/mol. The highest BCUT2D eigenvalue weighted by Crippen LogP contribution is 2.27. The van der Waals surface area contributed by atoms with Crippen molar-refractivity contribution in [3.8, 4) is 0 Å². The molecule has 1 heterocycles. The lowest BCUT2D eigenvalue weighted by Crippen LogP contribution is -2.45. The number of piperidine rings is 1. The molecule has 0 amide bonds. The van der Waals surface area contributed by atoms with Gasteiger partial charge in [0, 0.05) is 37.0 Å². The van der Waals surface area contributed by atoms with E-state index in [2.05, 4.69) is 4.90 Å². The number of nitrogens with zero attached hydrogens (tertiary/aromatic N) is 2. The first-order valence-corrected chi connectivity index (χ1v) is 10.2. The lowest BCUT2D eigenvalue weighted by Gasteiger charge is -2.38. The number of hydrogen-bond acceptors (Lipinski definition) is 5. The molecule has 3 rings (SSSR count). The van der Waals surface area contributed by atoms with Gasteiger partial charge >= 0.3 is 0 Å². The number of halogens is 1. The summed E-state index contributed by atoms with van der Waals surface area (Å²) in [6.07, 6.45) is 2.87. The zero-order valence-electron chi connectivity index (χ0n) is 16.2. The average molecular weight is 417 g/mol. The average Bonchev–Trinajstić information content (AvgIpc) is 2.71. The Hall–Kier alpha value is -2.28. The summed E-state index contributed by atoms with van der Waals surface area (Å²) in [5, 5.41) is 22.6. The van der Waals surface area contributed by atoms with E-state index in [-0.39, 0.29) is 23.5 Å². The van der Waals surface area contributed by atoms with Gasteiger partial charge in [-0.2, -0.15) is 0 Å². The number of carbonyl (C=O) groups is 1. The molecule has 1 fully saturated rings. The molecule has 0 radical (unpaired) electrons. The topological polar surface area (TPSA) is 83.7 Å². The van der Waals surface area contributed by atoms with Crippen LogP contribution in [0.2, 0.25) is 5.02 Å². The van der Waals surface area contributed by atoms with Crippen LogP contribution in [0, 0.1) is 10.1 Å². The highest BCUT2D eigenvalue weighted by atomic mass is 35.5. The number of nitro groups is 1. The van der Waals surface area contributed by atoms with Gasteiger partial charge in [0.15, 0.2) is 5.78 Å². The molecule has 2 aromatic rings. The Balaban J connectivity index is 1.45. The molecule has 2 aromatic carbocycles. The summed E-state index contributed by atoms with van der Waals surface area (Å²) in [6.45, 7) is 2.27. The van der Waals surface area contributed by atoms with Crippen molar-refractivity contribution in [3.05, 3.63) is 74.8 Å². The Bertz CT molecular complexity index is 861. The first kappa shape index (κ1) is 21.4. The first-order valence-electron chi connectivity index (χ1n) is 9.82. The van der Waals surface area contributed by atoms with Crippen molar-refractivity contribution in [3.63, 3.8) is 0 Å². The first-order chi connectivity index (χ1) is 13.9. The van der Waals surface area contributed by atoms with Crippen LogP contribution in [0.15, 0.2) is 48.5 Å². The van der Waals surface area contributed by atoms with E-state index in [1.807, 2.05) is 24.3 Å². The van der Waals surface area contributed by atoms with Crippen LogP contribution >= 0.6 is 11.6 Å². The van der Waals surface area contributed by atoms with E-state index < -0.39 is 10.5 Å². The summed E-state index contributed by atoms with van der Waals surface area (Å²) in [7, 11) is 0. The summed E-state index contributed by atoms with van der Waals surface area (Å²) in [6, 6.07) is 13.6. The third-order valence-electron chi connectivity index (χ3n) is 5.51. The SMILES string of the molecule is O=C(CCCN1CCC(O)(Cc2ccc(Cl)cc2)CC1)c1ccccc1[N+](=O)[O-]. The van der Waals surface area contributed by atoms with E-state index in [0.717, 1.165) is 25.2 Å². The Kier molecular flexibility index (Phi) is 7.00. The lowest BCUT2D eigenvalue weighted by atomic mass is 9.85. The standard InChI is InChI=1S/C22H25ClN2O4/c23-18-9-7-17(8-10-18)16-22(27)11-14-24(15-12-22)13-3-6-21(26)19-4-1-2-5-20(19)25(28)29/h1-2,4-5,7-10,27H,3,6,11-16H2. The largest absolute Gasteiger partial charge is 0.389 e. The van der Waals surface area contributed by atoms with Crippen LogP contribution in [0.3, 0.4) is 0 Å². The summed E-state index contributed by atoms with van der Waals surface area (Å²) in [4.78, 5) is 25.2. The molecular formula is C22H25ClN2O4. The molecule has 0 bridgehead atoms. The molecule has 0 aromatic heterocycles. The Labute approximate surface area is 175 Å². The van der Waals surface area contributed by atoms with E-state index >= 15 is 0 Å². The quantitative estimate of drug-likeness (QED) is 0.394. The second-order valence-corrected chi connectivity index (χ2v) is 8.11. The van der Waals surface area contributed by atoms with Crippen molar-refractivity contribution in [1.29, 1.82) is 0 Å². The van der Waals surface area contributed by atoms with Crippen LogP contribution in [0.5, 0.6) is 0 Å². The zero-order chi connectivity index (χ0) is 20.9. The van der Waals surface area contributed by atoms with Crippen LogP contribution in [-0.2, 0) is 6.42 Å². The molecule has 0 spiro atoms. The van der Waals surface area contributed by atoms with Crippen LogP contribution in [0.25, 0.3) is 0 Å². The third-order valence-corrected chi connectivity index (χ3v) is 5.76. The fourth-order valence-electron chi connectivity index (χ4n) is 3.82. The smallest absolute Gasteiger partial charge is 0.280 e. The van der Waals surface area contributed by atoms with Gasteiger partial charge in [0.25, 0.3) is 5.69 Å². The maximum Gasteiger partial charge on any atom is 0.280 e. The Morgan fingerprint density at radius 1 is 1.14 bits per heavy atom. The van der Waals surface area contributed by atoms with Crippen molar-refractivity contribution in [1.82, 2.24) is 4.90 Å². The van der Waals surface area contributed by atoms with Gasteiger partial charge in [-0.3, -0.25) is 14.9 Å². The fourth-order valence-corrected chi connectivity index (χ4v) is 3.94. The van der Waals surface area contributed by atoms with Crippen LogP contribution in [0.4, 0.5) is 5.69 Å². The van der Waals surface area contributed by atoms with Gasteiger partial charge < -0.3 is 10.0 Å². The van der Waals surface area contributed by atoms with Crippen molar-refractivity contribution in [2.75, 3.05) is 19.6 Å². The Morgan fingerprint density at radius 3 is 2.45 bits per heavy atom. The molecule has 29 heavy (non-hydrogen) atoms. The van der Waals surface area contributed by atoms with E-state index in [9.17, 15) is 20.0 Å². The molecule has 0 atom stereocenters. The van der Waals surface area contributed by atoms with Gasteiger partial charge in [-0.25, -0.2) is 0 Å². The number of likely N-dealkylation sites (tertiary alicyclic amines) is 1. The Morgan fingerprint density at radius 2 is 1.79 bits per heavy atom. The van der Waals surface area contributed by atoms with Gasteiger partial charge in [0.05, 0.1) is 16.1 Å². The van der Waals surface area contributed by atoms with E-state index in [1.54, 1.807) is 12.1 Å². The normalized spacial score (nSPS) is 16.5. The monoisotopic (exact) mass is 416 g/mol.